The highest BCUT2D eigenvalue weighted by atomic mass is 35.5. The average molecular weight is 293 g/mol. The van der Waals surface area contributed by atoms with Crippen molar-refractivity contribution in [3.05, 3.63) is 20.3 Å². The van der Waals surface area contributed by atoms with E-state index in [0.29, 0.717) is 14.2 Å². The molecule has 16 heavy (non-hydrogen) atoms. The molecule has 1 atom stereocenters. The van der Waals surface area contributed by atoms with Crippen molar-refractivity contribution in [1.29, 1.82) is 0 Å². The summed E-state index contributed by atoms with van der Waals surface area (Å²) in [6.07, 6.45) is -5.31. The molecule has 0 radical (unpaired) electrons. The van der Waals surface area contributed by atoms with E-state index in [4.69, 9.17) is 29.0 Å². The van der Waals surface area contributed by atoms with Crippen LogP contribution in [0.15, 0.2) is 6.07 Å². The van der Waals surface area contributed by atoms with E-state index in [-0.39, 0.29) is 6.42 Å². The molecule has 8 heteroatoms. The van der Waals surface area contributed by atoms with Crippen molar-refractivity contribution >= 4 is 34.5 Å². The van der Waals surface area contributed by atoms with Crippen LogP contribution in [0.3, 0.4) is 0 Å². The van der Waals surface area contributed by atoms with Crippen molar-refractivity contribution in [1.82, 2.24) is 5.43 Å². The zero-order chi connectivity index (χ0) is 12.3. The number of alkyl halides is 3. The molecule has 1 heterocycles. The Morgan fingerprint density at radius 2 is 2.06 bits per heavy atom. The fraction of sp³-hybridized carbons (Fsp3) is 0.500. The number of thiophene rings is 1. The van der Waals surface area contributed by atoms with Crippen LogP contribution in [0.25, 0.3) is 0 Å². The van der Waals surface area contributed by atoms with Gasteiger partial charge < -0.3 is 0 Å². The number of nitrogens with one attached hydrogen (secondary N) is 1. The van der Waals surface area contributed by atoms with E-state index in [1.54, 1.807) is 0 Å². The number of hydrogen-bond acceptors (Lipinski definition) is 3. The first-order chi connectivity index (χ1) is 7.33. The van der Waals surface area contributed by atoms with Gasteiger partial charge in [0, 0.05) is 18.0 Å². The molecule has 92 valence electrons. The summed E-state index contributed by atoms with van der Waals surface area (Å²) in [6.45, 7) is 0. The molecule has 0 spiro atoms. The van der Waals surface area contributed by atoms with Gasteiger partial charge in [-0.2, -0.15) is 13.2 Å². The zero-order valence-electron chi connectivity index (χ0n) is 7.94. The Kier molecular flexibility index (Phi) is 4.88. The van der Waals surface area contributed by atoms with Crippen molar-refractivity contribution in [2.24, 2.45) is 5.84 Å². The smallest absolute Gasteiger partial charge is 0.271 e. The van der Waals surface area contributed by atoms with E-state index in [2.05, 4.69) is 5.43 Å². The average Bonchev–Trinajstić information content (AvgIpc) is 2.45. The summed E-state index contributed by atoms with van der Waals surface area (Å²) in [6, 6.07) is 0.882. The van der Waals surface area contributed by atoms with Crippen molar-refractivity contribution in [3.8, 4) is 0 Å². The molecule has 0 fully saturated rings. The van der Waals surface area contributed by atoms with E-state index < -0.39 is 18.6 Å². The van der Waals surface area contributed by atoms with Crippen molar-refractivity contribution in [2.45, 2.75) is 25.1 Å². The summed E-state index contributed by atoms with van der Waals surface area (Å²) >= 11 is 12.6. The zero-order valence-corrected chi connectivity index (χ0v) is 10.3. The first kappa shape index (κ1) is 14.1. The number of hydrazine groups is 1. The van der Waals surface area contributed by atoms with Gasteiger partial charge in [0.15, 0.2) is 0 Å². The maximum Gasteiger partial charge on any atom is 0.389 e. The summed E-state index contributed by atoms with van der Waals surface area (Å²) in [7, 11) is 0. The topological polar surface area (TPSA) is 38.0 Å². The third kappa shape index (κ3) is 4.10. The molecular weight excluding hydrogens is 284 g/mol. The normalized spacial score (nSPS) is 14.1. The third-order valence-corrected chi connectivity index (χ3v) is 3.49. The van der Waals surface area contributed by atoms with Gasteiger partial charge in [0.05, 0.1) is 8.67 Å². The second kappa shape index (κ2) is 5.55. The number of halogens is 5. The highest BCUT2D eigenvalue weighted by molar-refractivity contribution is 7.20. The fourth-order valence-corrected chi connectivity index (χ4v) is 2.81. The maximum atomic E-state index is 12.0. The van der Waals surface area contributed by atoms with Crippen molar-refractivity contribution < 1.29 is 13.2 Å². The SMILES string of the molecule is NNC(CCC(F)(F)F)c1cc(Cl)sc1Cl. The Morgan fingerprint density at radius 1 is 1.44 bits per heavy atom. The van der Waals surface area contributed by atoms with Crippen LogP contribution in [0.1, 0.15) is 24.4 Å². The predicted molar refractivity (Wildman–Crippen MR) is 59.7 cm³/mol. The van der Waals surface area contributed by atoms with E-state index in [9.17, 15) is 13.2 Å². The Balaban J connectivity index is 2.71. The highest BCUT2D eigenvalue weighted by Gasteiger charge is 2.29. The van der Waals surface area contributed by atoms with Gasteiger partial charge in [0.1, 0.15) is 0 Å². The summed E-state index contributed by atoms with van der Waals surface area (Å²) in [4.78, 5) is 0. The summed E-state index contributed by atoms with van der Waals surface area (Å²) in [5.74, 6) is 5.20. The van der Waals surface area contributed by atoms with E-state index in [0.717, 1.165) is 11.3 Å². The van der Waals surface area contributed by atoms with E-state index in [1.807, 2.05) is 0 Å². The Morgan fingerprint density at radius 3 is 2.44 bits per heavy atom. The van der Waals surface area contributed by atoms with Crippen LogP contribution in [0.2, 0.25) is 8.67 Å². The second-order valence-corrected chi connectivity index (χ2v) is 5.44. The monoisotopic (exact) mass is 292 g/mol. The Bertz CT molecular complexity index is 354. The van der Waals surface area contributed by atoms with E-state index in [1.165, 1.54) is 6.07 Å². The molecule has 1 unspecified atom stereocenters. The number of nitrogens with two attached hydrogens (primary N) is 1. The van der Waals surface area contributed by atoms with Crippen LogP contribution >= 0.6 is 34.5 Å². The molecule has 0 aliphatic carbocycles. The highest BCUT2D eigenvalue weighted by Crippen LogP contribution is 2.37. The Hall–Kier alpha value is -0.0100. The standard InChI is InChI=1S/C8H9Cl2F3N2S/c9-6-3-4(7(10)16-6)5(15-14)1-2-8(11,12)13/h3,5,15H,1-2,14H2. The second-order valence-electron chi connectivity index (χ2n) is 3.15. The third-order valence-electron chi connectivity index (χ3n) is 1.98. The van der Waals surface area contributed by atoms with Gasteiger partial charge in [-0.05, 0) is 12.5 Å². The fourth-order valence-electron chi connectivity index (χ4n) is 1.23. The lowest BCUT2D eigenvalue weighted by molar-refractivity contribution is -0.136. The minimum absolute atomic E-state index is 0.174. The van der Waals surface area contributed by atoms with Gasteiger partial charge in [-0.3, -0.25) is 11.3 Å². The Labute approximate surface area is 104 Å². The van der Waals surface area contributed by atoms with Crippen LogP contribution < -0.4 is 11.3 Å². The molecule has 0 bridgehead atoms. The maximum absolute atomic E-state index is 12.0. The lowest BCUT2D eigenvalue weighted by Crippen LogP contribution is -2.29. The minimum Gasteiger partial charge on any atom is -0.271 e. The molecule has 3 N–H and O–H groups in total. The van der Waals surface area contributed by atoms with Crippen LogP contribution in [0, 0.1) is 0 Å². The van der Waals surface area contributed by atoms with E-state index >= 15 is 0 Å². The van der Waals surface area contributed by atoms with Crippen LogP contribution in [-0.2, 0) is 0 Å². The summed E-state index contributed by atoms with van der Waals surface area (Å²) in [5, 5.41) is 0. The molecule has 0 aromatic carbocycles. The van der Waals surface area contributed by atoms with Gasteiger partial charge in [0.25, 0.3) is 0 Å². The first-order valence-corrected chi connectivity index (χ1v) is 5.88. The predicted octanol–water partition coefficient (Wildman–Crippen LogP) is 3.90. The lowest BCUT2D eigenvalue weighted by Gasteiger charge is -2.16. The van der Waals surface area contributed by atoms with Crippen molar-refractivity contribution in [3.63, 3.8) is 0 Å². The van der Waals surface area contributed by atoms with Gasteiger partial charge in [-0.15, -0.1) is 11.3 Å². The molecule has 1 aromatic heterocycles. The largest absolute Gasteiger partial charge is 0.389 e. The van der Waals surface area contributed by atoms with Gasteiger partial charge in [-0.1, -0.05) is 23.2 Å². The lowest BCUT2D eigenvalue weighted by atomic mass is 10.1. The molecule has 0 aliphatic rings. The molecule has 1 rings (SSSR count). The minimum atomic E-state index is -4.21. The molecule has 1 aromatic rings. The number of hydrogen-bond donors (Lipinski definition) is 2. The quantitative estimate of drug-likeness (QED) is 0.652. The molecule has 2 nitrogen and oxygen atoms in total. The van der Waals surface area contributed by atoms with Crippen LogP contribution in [0.5, 0.6) is 0 Å². The molecule has 0 aliphatic heterocycles. The van der Waals surface area contributed by atoms with Gasteiger partial charge in [0.2, 0.25) is 0 Å². The van der Waals surface area contributed by atoms with Crippen LogP contribution in [0.4, 0.5) is 13.2 Å². The number of rotatable bonds is 4. The molecule has 0 saturated heterocycles. The summed E-state index contributed by atoms with van der Waals surface area (Å²) in [5.41, 5.74) is 2.81. The molecular formula is C8H9Cl2F3N2S. The van der Waals surface area contributed by atoms with Crippen molar-refractivity contribution in [2.75, 3.05) is 0 Å². The summed E-state index contributed by atoms with van der Waals surface area (Å²) < 4.78 is 36.9. The van der Waals surface area contributed by atoms with Gasteiger partial charge >= 0.3 is 6.18 Å². The first-order valence-electron chi connectivity index (χ1n) is 4.31. The van der Waals surface area contributed by atoms with Crippen LogP contribution in [-0.4, -0.2) is 6.18 Å². The molecule has 0 saturated carbocycles. The molecule has 0 amide bonds. The van der Waals surface area contributed by atoms with Gasteiger partial charge in [-0.25, -0.2) is 0 Å².